The zero-order valence-electron chi connectivity index (χ0n) is 23.3. The number of hydrogen-bond acceptors (Lipinski definition) is 8. The maximum Gasteiger partial charge on any atom is 0.417 e. The zero-order chi connectivity index (χ0) is 30.2. The van der Waals surface area contributed by atoms with Crippen LogP contribution in [0.1, 0.15) is 29.8 Å². The molecule has 2 aliphatic rings. The van der Waals surface area contributed by atoms with Gasteiger partial charge in [0.15, 0.2) is 0 Å². The normalized spacial score (nSPS) is 20.1. The fourth-order valence-corrected chi connectivity index (χ4v) is 5.22. The Morgan fingerprint density at radius 2 is 1.69 bits per heavy atom. The molecule has 4 heterocycles. The number of piperazine rings is 1. The second-order valence-electron chi connectivity index (χ2n) is 10.6. The predicted molar refractivity (Wildman–Crippen MR) is 149 cm³/mol. The molecule has 10 nitrogen and oxygen atoms in total. The van der Waals surface area contributed by atoms with Crippen LogP contribution in [-0.4, -0.2) is 84.3 Å². The molecule has 0 saturated carbocycles. The number of carbonyl (C=O) groups excluding carboxylic acids is 1. The van der Waals surface area contributed by atoms with Gasteiger partial charge in [-0.25, -0.2) is 14.4 Å². The highest BCUT2D eigenvalue weighted by Gasteiger charge is 2.36. The van der Waals surface area contributed by atoms with Crippen LogP contribution in [-0.2, 0) is 10.9 Å². The van der Waals surface area contributed by atoms with Crippen molar-refractivity contribution in [2.75, 3.05) is 61.6 Å². The minimum atomic E-state index is -4.94. The molecule has 2 atom stereocenters. The maximum atomic E-state index is 15.7. The molecule has 0 radical (unpaired) electrons. The number of anilines is 3. The van der Waals surface area contributed by atoms with Crippen LogP contribution in [0.2, 0.25) is 0 Å². The van der Waals surface area contributed by atoms with Crippen LogP contribution in [0.15, 0.2) is 41.6 Å². The molecule has 0 spiro atoms. The molecule has 224 valence electrons. The number of benzene rings is 1. The molecule has 2 saturated heterocycles. The summed E-state index contributed by atoms with van der Waals surface area (Å²) >= 11 is 0. The molecule has 2 fully saturated rings. The molecule has 0 aliphatic carbocycles. The first kappa shape index (κ1) is 29.5. The molecule has 1 amide bonds. The lowest BCUT2D eigenvalue weighted by atomic mass is 10.0. The van der Waals surface area contributed by atoms with Crippen molar-refractivity contribution in [1.82, 2.24) is 19.9 Å². The number of amides is 1. The summed E-state index contributed by atoms with van der Waals surface area (Å²) in [5.41, 5.74) is -2.32. The topological polar surface area (TPSA) is 107 Å². The quantitative estimate of drug-likeness (QED) is 0.435. The average molecular weight is 590 g/mol. The molecule has 2 aliphatic heterocycles. The Bertz CT molecular complexity index is 1490. The van der Waals surface area contributed by atoms with Crippen LogP contribution in [0.3, 0.4) is 0 Å². The van der Waals surface area contributed by atoms with Crippen LogP contribution in [0.5, 0.6) is 0 Å². The van der Waals surface area contributed by atoms with E-state index in [9.17, 15) is 22.8 Å². The van der Waals surface area contributed by atoms with Crippen molar-refractivity contribution in [2.45, 2.75) is 32.1 Å². The van der Waals surface area contributed by atoms with Crippen molar-refractivity contribution in [3.05, 3.63) is 64.1 Å². The number of aromatic nitrogens is 3. The summed E-state index contributed by atoms with van der Waals surface area (Å²) in [6.07, 6.45) is -1.29. The fraction of sp³-hybridized carbons (Fsp3) is 0.429. The number of H-pyrrole nitrogens is 1. The highest BCUT2D eigenvalue weighted by molar-refractivity contribution is 6.07. The molecule has 2 N–H and O–H groups in total. The SMILES string of the molecule is C[C@H]1CN(c2cc(F)c(-c3cnc(N4CCOCC4)nc3)cc2NC(=O)c2c[nH]c(=O)cc2C(F)(F)F)C[C@H](C)N1C. The summed E-state index contributed by atoms with van der Waals surface area (Å²) in [7, 11) is 1.98. The van der Waals surface area contributed by atoms with Crippen molar-refractivity contribution >= 4 is 23.2 Å². The van der Waals surface area contributed by atoms with E-state index in [0.717, 1.165) is 6.20 Å². The Kier molecular flexibility index (Phi) is 8.19. The first-order valence-electron chi connectivity index (χ1n) is 13.5. The summed E-state index contributed by atoms with van der Waals surface area (Å²) in [6.45, 7) is 7.32. The predicted octanol–water partition coefficient (Wildman–Crippen LogP) is 3.61. The van der Waals surface area contributed by atoms with E-state index in [1.807, 2.05) is 30.7 Å². The van der Waals surface area contributed by atoms with E-state index in [-0.39, 0.29) is 23.3 Å². The van der Waals surface area contributed by atoms with Crippen LogP contribution in [0.4, 0.5) is 34.9 Å². The third kappa shape index (κ3) is 6.09. The van der Waals surface area contributed by atoms with Gasteiger partial charge in [-0.05, 0) is 33.0 Å². The third-order valence-corrected chi connectivity index (χ3v) is 7.75. The van der Waals surface area contributed by atoms with Gasteiger partial charge in [0.05, 0.1) is 35.7 Å². The van der Waals surface area contributed by atoms with Gasteiger partial charge in [0.25, 0.3) is 5.91 Å². The first-order valence-corrected chi connectivity index (χ1v) is 13.5. The summed E-state index contributed by atoms with van der Waals surface area (Å²) in [5, 5.41) is 2.55. The molecule has 42 heavy (non-hydrogen) atoms. The van der Waals surface area contributed by atoms with Gasteiger partial charge in [-0.3, -0.25) is 14.5 Å². The lowest BCUT2D eigenvalue weighted by Gasteiger charge is -2.44. The monoisotopic (exact) mass is 589 g/mol. The second kappa shape index (κ2) is 11.7. The minimum absolute atomic E-state index is 0.0651. The largest absolute Gasteiger partial charge is 0.417 e. The molecule has 2 aromatic heterocycles. The van der Waals surface area contributed by atoms with Crippen LogP contribution >= 0.6 is 0 Å². The summed E-state index contributed by atoms with van der Waals surface area (Å²) < 4.78 is 62.2. The molecule has 14 heteroatoms. The van der Waals surface area contributed by atoms with E-state index in [0.29, 0.717) is 62.7 Å². The Morgan fingerprint density at radius 1 is 1.05 bits per heavy atom. The zero-order valence-corrected chi connectivity index (χ0v) is 23.3. The van der Waals surface area contributed by atoms with E-state index >= 15 is 4.39 Å². The van der Waals surface area contributed by atoms with Gasteiger partial charge in [0.2, 0.25) is 11.5 Å². The molecule has 3 aromatic rings. The Balaban J connectivity index is 1.54. The van der Waals surface area contributed by atoms with E-state index in [1.54, 1.807) is 0 Å². The van der Waals surface area contributed by atoms with Gasteiger partial charge < -0.3 is 24.8 Å². The Labute approximate surface area is 239 Å². The van der Waals surface area contributed by atoms with Crippen LogP contribution in [0, 0.1) is 5.82 Å². The number of pyridine rings is 1. The molecular weight excluding hydrogens is 558 g/mol. The van der Waals surface area contributed by atoms with Crippen molar-refractivity contribution in [3.8, 4) is 11.1 Å². The number of halogens is 4. The van der Waals surface area contributed by atoms with Gasteiger partial charge >= 0.3 is 6.18 Å². The van der Waals surface area contributed by atoms with Crippen molar-refractivity contribution in [1.29, 1.82) is 0 Å². The van der Waals surface area contributed by atoms with Crippen molar-refractivity contribution < 1.29 is 27.1 Å². The summed E-state index contributed by atoms with van der Waals surface area (Å²) in [4.78, 5) is 41.8. The number of morpholine rings is 1. The number of hydrogen-bond donors (Lipinski definition) is 2. The van der Waals surface area contributed by atoms with Crippen LogP contribution < -0.4 is 20.7 Å². The van der Waals surface area contributed by atoms with E-state index in [4.69, 9.17) is 4.74 Å². The van der Waals surface area contributed by atoms with Gasteiger partial charge in [-0.1, -0.05) is 0 Å². The number of alkyl halides is 3. The molecule has 1 aromatic carbocycles. The third-order valence-electron chi connectivity index (χ3n) is 7.75. The van der Waals surface area contributed by atoms with Gasteiger partial charge in [-0.2, -0.15) is 13.2 Å². The molecule has 0 unspecified atom stereocenters. The molecular formula is C28H31F4N7O3. The van der Waals surface area contributed by atoms with Gasteiger partial charge in [0.1, 0.15) is 5.82 Å². The smallest absolute Gasteiger partial charge is 0.378 e. The number of carbonyl (C=O) groups is 1. The minimum Gasteiger partial charge on any atom is -0.378 e. The van der Waals surface area contributed by atoms with E-state index in [2.05, 4.69) is 25.2 Å². The summed E-state index contributed by atoms with van der Waals surface area (Å²) in [5.74, 6) is -1.25. The van der Waals surface area contributed by atoms with E-state index < -0.39 is 34.6 Å². The Hall–Kier alpha value is -4.04. The molecule has 0 bridgehead atoms. The number of ether oxygens (including phenoxy) is 1. The van der Waals surface area contributed by atoms with Gasteiger partial charge in [0, 0.05) is 74.0 Å². The fourth-order valence-electron chi connectivity index (χ4n) is 5.22. The average Bonchev–Trinajstić information content (AvgIpc) is 2.96. The lowest BCUT2D eigenvalue weighted by molar-refractivity contribution is -0.138. The highest BCUT2D eigenvalue weighted by Crippen LogP contribution is 2.37. The lowest BCUT2D eigenvalue weighted by Crippen LogP contribution is -2.55. The van der Waals surface area contributed by atoms with Crippen molar-refractivity contribution in [2.24, 2.45) is 0 Å². The van der Waals surface area contributed by atoms with E-state index in [1.165, 1.54) is 24.5 Å². The maximum absolute atomic E-state index is 15.7. The first-order chi connectivity index (χ1) is 19.9. The number of nitrogens with zero attached hydrogens (tertiary/aromatic N) is 5. The van der Waals surface area contributed by atoms with Crippen molar-refractivity contribution in [3.63, 3.8) is 0 Å². The standard InChI is InChI=1S/C28H31F4N7O3/c1-16-14-39(15-17(2)37(16)3)24-10-22(29)19(18-11-34-27(35-12-18)38-4-6-42-7-5-38)8-23(24)36-26(41)20-13-33-25(40)9-21(20)28(30,31)32/h8-13,16-17H,4-7,14-15H2,1-3H3,(H,33,40)(H,36,41)/t16-,17-/m0/s1. The number of nitrogens with one attached hydrogen (secondary N) is 2. The Morgan fingerprint density at radius 3 is 2.31 bits per heavy atom. The van der Waals surface area contributed by atoms with Crippen LogP contribution in [0.25, 0.3) is 11.1 Å². The highest BCUT2D eigenvalue weighted by atomic mass is 19.4. The molecule has 5 rings (SSSR count). The number of rotatable bonds is 5. The number of likely N-dealkylation sites (N-methyl/N-ethyl adjacent to an activating group) is 1. The summed E-state index contributed by atoms with van der Waals surface area (Å²) in [6, 6.07) is 3.14. The number of aromatic amines is 1. The van der Waals surface area contributed by atoms with Gasteiger partial charge in [-0.15, -0.1) is 0 Å². The second-order valence-corrected chi connectivity index (χ2v) is 10.6.